The van der Waals surface area contributed by atoms with E-state index < -0.39 is 17.4 Å². The number of nitrogens with zero attached hydrogens (tertiary/aromatic N) is 3. The molecular formula is C19H24N4O2. The summed E-state index contributed by atoms with van der Waals surface area (Å²) in [6, 6.07) is 8.73. The Morgan fingerprint density at radius 3 is 2.40 bits per heavy atom. The first-order chi connectivity index (χ1) is 11.7. The van der Waals surface area contributed by atoms with E-state index in [1.165, 1.54) is 0 Å². The lowest BCUT2D eigenvalue weighted by Crippen LogP contribution is -2.31. The van der Waals surface area contributed by atoms with Gasteiger partial charge in [-0.05, 0) is 45.9 Å². The van der Waals surface area contributed by atoms with Gasteiger partial charge in [0.25, 0.3) is 0 Å². The third-order valence-corrected chi connectivity index (χ3v) is 4.59. The number of carboxylic acids is 1. The molecule has 1 atom stereocenters. The molecule has 1 unspecified atom stereocenters. The quantitative estimate of drug-likeness (QED) is 0.843. The number of likely N-dealkylation sites (N-methyl/N-ethyl adjacent to an activating group) is 1. The Balaban J connectivity index is 2.29. The van der Waals surface area contributed by atoms with Crippen molar-refractivity contribution in [3.8, 4) is 6.07 Å². The van der Waals surface area contributed by atoms with Crippen molar-refractivity contribution in [1.82, 2.24) is 15.1 Å². The molecule has 132 valence electrons. The molecule has 2 aromatic rings. The second-order valence-electron chi connectivity index (χ2n) is 6.93. The number of benzene rings is 1. The van der Waals surface area contributed by atoms with E-state index >= 15 is 0 Å². The summed E-state index contributed by atoms with van der Waals surface area (Å²) in [5.74, 6) is -0.909. The van der Waals surface area contributed by atoms with E-state index in [0.29, 0.717) is 12.1 Å². The van der Waals surface area contributed by atoms with Crippen molar-refractivity contribution >= 4 is 5.97 Å². The van der Waals surface area contributed by atoms with E-state index in [0.717, 1.165) is 22.5 Å². The third-order valence-electron chi connectivity index (χ3n) is 4.59. The molecule has 6 nitrogen and oxygen atoms in total. The first-order valence-electron chi connectivity index (χ1n) is 8.12. The van der Waals surface area contributed by atoms with Gasteiger partial charge in [-0.1, -0.05) is 24.3 Å². The lowest BCUT2D eigenvalue weighted by molar-refractivity contribution is -0.143. The molecule has 0 spiro atoms. The van der Waals surface area contributed by atoms with E-state index in [-0.39, 0.29) is 0 Å². The smallest absolute Gasteiger partial charge is 0.325 e. The second kappa shape index (κ2) is 7.08. The van der Waals surface area contributed by atoms with Crippen LogP contribution in [0, 0.1) is 25.2 Å². The van der Waals surface area contributed by atoms with Crippen LogP contribution in [0.1, 0.15) is 48.0 Å². The number of aromatic nitrogens is 2. The zero-order valence-electron chi connectivity index (χ0n) is 15.3. The number of aliphatic carboxylic acids is 1. The predicted molar refractivity (Wildman–Crippen MR) is 95.0 cm³/mol. The molecule has 1 aromatic heterocycles. The number of hydrogen-bond donors (Lipinski definition) is 2. The number of H-pyrrole nitrogens is 1. The monoisotopic (exact) mass is 340 g/mol. The van der Waals surface area contributed by atoms with Gasteiger partial charge in [-0.2, -0.15) is 10.4 Å². The Hall–Kier alpha value is -2.65. The number of nitrogens with one attached hydrogen (secondary N) is 1. The molecule has 0 amide bonds. The van der Waals surface area contributed by atoms with Crippen LogP contribution >= 0.6 is 0 Å². The van der Waals surface area contributed by atoms with Crippen molar-refractivity contribution in [2.75, 3.05) is 7.05 Å². The molecule has 25 heavy (non-hydrogen) atoms. The van der Waals surface area contributed by atoms with Gasteiger partial charge in [0.2, 0.25) is 0 Å². The molecule has 0 saturated carbocycles. The summed E-state index contributed by atoms with van der Waals surface area (Å²) in [6.07, 6.45) is 0. The Bertz CT molecular complexity index is 780. The van der Waals surface area contributed by atoms with Crippen molar-refractivity contribution in [2.45, 2.75) is 45.7 Å². The topological polar surface area (TPSA) is 93.0 Å². The minimum absolute atomic E-state index is 0.483. The van der Waals surface area contributed by atoms with Crippen molar-refractivity contribution in [3.05, 3.63) is 52.3 Å². The maximum absolute atomic E-state index is 11.9. The highest BCUT2D eigenvalue weighted by atomic mass is 16.4. The molecule has 0 aliphatic rings. The summed E-state index contributed by atoms with van der Waals surface area (Å²) < 4.78 is 0. The van der Waals surface area contributed by atoms with Crippen LogP contribution in [0.3, 0.4) is 0 Å². The molecule has 0 saturated heterocycles. The zero-order valence-corrected chi connectivity index (χ0v) is 15.3. The lowest BCUT2D eigenvalue weighted by atomic mass is 9.85. The van der Waals surface area contributed by atoms with E-state index in [9.17, 15) is 15.2 Å². The van der Waals surface area contributed by atoms with Gasteiger partial charge in [-0.25, -0.2) is 0 Å². The van der Waals surface area contributed by atoms with Crippen molar-refractivity contribution in [2.24, 2.45) is 0 Å². The fraction of sp³-hybridized carbons (Fsp3) is 0.421. The van der Waals surface area contributed by atoms with Crippen LogP contribution in [0.2, 0.25) is 0 Å². The average Bonchev–Trinajstić information content (AvgIpc) is 2.87. The number of aryl methyl sites for hydroxylation is 2. The van der Waals surface area contributed by atoms with Crippen LogP contribution in [-0.4, -0.2) is 33.2 Å². The third kappa shape index (κ3) is 3.89. The SMILES string of the molecule is Cc1n[nH]c(C)c1CN(C)C(C(=O)O)c1ccc(C(C)(C)C#N)cc1. The second-order valence-corrected chi connectivity index (χ2v) is 6.93. The molecule has 0 aliphatic carbocycles. The number of hydrogen-bond acceptors (Lipinski definition) is 4. The average molecular weight is 340 g/mol. The Morgan fingerprint density at radius 1 is 1.36 bits per heavy atom. The zero-order chi connectivity index (χ0) is 18.8. The van der Waals surface area contributed by atoms with E-state index in [1.807, 2.05) is 39.8 Å². The molecule has 0 fully saturated rings. The first kappa shape index (κ1) is 18.7. The minimum Gasteiger partial charge on any atom is -0.480 e. The summed E-state index contributed by atoms with van der Waals surface area (Å²) in [5, 5.41) is 26.0. The molecule has 0 bridgehead atoms. The summed E-state index contributed by atoms with van der Waals surface area (Å²) in [4.78, 5) is 13.6. The highest BCUT2D eigenvalue weighted by Crippen LogP contribution is 2.27. The predicted octanol–water partition coefficient (Wildman–Crippen LogP) is 3.09. The van der Waals surface area contributed by atoms with Crippen LogP contribution in [0.4, 0.5) is 0 Å². The van der Waals surface area contributed by atoms with Gasteiger partial charge in [0, 0.05) is 17.8 Å². The largest absolute Gasteiger partial charge is 0.480 e. The number of aromatic amines is 1. The van der Waals surface area contributed by atoms with Crippen LogP contribution in [0.15, 0.2) is 24.3 Å². The van der Waals surface area contributed by atoms with Gasteiger partial charge in [0.05, 0.1) is 17.2 Å². The number of nitriles is 1. The normalized spacial score (nSPS) is 12.8. The van der Waals surface area contributed by atoms with Crippen LogP contribution < -0.4 is 0 Å². The molecule has 1 heterocycles. The fourth-order valence-corrected chi connectivity index (χ4v) is 2.88. The van der Waals surface area contributed by atoms with Crippen LogP contribution in [0.5, 0.6) is 0 Å². The molecule has 0 radical (unpaired) electrons. The minimum atomic E-state index is -0.909. The summed E-state index contributed by atoms with van der Waals surface area (Å²) >= 11 is 0. The van der Waals surface area contributed by atoms with Gasteiger partial charge < -0.3 is 5.11 Å². The summed E-state index contributed by atoms with van der Waals surface area (Å²) in [6.45, 7) is 8.00. The van der Waals surface area contributed by atoms with Crippen molar-refractivity contribution < 1.29 is 9.90 Å². The lowest BCUT2D eigenvalue weighted by Gasteiger charge is -2.26. The standard InChI is InChI=1S/C19H24N4O2/c1-12-16(13(2)22-21-12)10-23(5)17(18(24)25)14-6-8-15(9-7-14)19(3,4)11-20/h6-9,17H,10H2,1-5H3,(H,21,22)(H,24,25). The number of carbonyl (C=O) groups is 1. The van der Waals surface area contributed by atoms with Gasteiger partial charge >= 0.3 is 5.97 Å². The van der Waals surface area contributed by atoms with Crippen molar-refractivity contribution in [1.29, 1.82) is 5.26 Å². The van der Waals surface area contributed by atoms with Crippen molar-refractivity contribution in [3.63, 3.8) is 0 Å². The maximum atomic E-state index is 11.9. The van der Waals surface area contributed by atoms with E-state index in [1.54, 1.807) is 24.1 Å². The highest BCUT2D eigenvalue weighted by molar-refractivity contribution is 5.75. The molecule has 2 N–H and O–H groups in total. The molecule has 0 aliphatic heterocycles. The molecule has 2 rings (SSSR count). The van der Waals surface area contributed by atoms with Crippen LogP contribution in [-0.2, 0) is 16.8 Å². The van der Waals surface area contributed by atoms with Gasteiger partial charge in [0.1, 0.15) is 6.04 Å². The summed E-state index contributed by atoms with van der Waals surface area (Å²) in [5.41, 5.74) is 3.78. The maximum Gasteiger partial charge on any atom is 0.325 e. The van der Waals surface area contributed by atoms with Crippen LogP contribution in [0.25, 0.3) is 0 Å². The first-order valence-corrected chi connectivity index (χ1v) is 8.12. The Labute approximate surface area is 148 Å². The van der Waals surface area contributed by atoms with Gasteiger partial charge in [-0.15, -0.1) is 0 Å². The molecule has 1 aromatic carbocycles. The number of rotatable bonds is 6. The molecule has 6 heteroatoms. The van der Waals surface area contributed by atoms with Gasteiger partial charge in [0.15, 0.2) is 0 Å². The van der Waals surface area contributed by atoms with Gasteiger partial charge in [-0.3, -0.25) is 14.8 Å². The summed E-state index contributed by atoms with van der Waals surface area (Å²) in [7, 11) is 1.79. The Morgan fingerprint density at radius 2 is 1.96 bits per heavy atom. The fourth-order valence-electron chi connectivity index (χ4n) is 2.88. The van der Waals surface area contributed by atoms with E-state index in [2.05, 4.69) is 16.3 Å². The molecular weight excluding hydrogens is 316 g/mol. The number of carboxylic acid groups (broad SMARTS) is 1. The van der Waals surface area contributed by atoms with E-state index in [4.69, 9.17) is 0 Å². The Kier molecular flexibility index (Phi) is 5.29. The highest BCUT2D eigenvalue weighted by Gasteiger charge is 2.27.